The van der Waals surface area contributed by atoms with Gasteiger partial charge < -0.3 is 18.9 Å². The lowest BCUT2D eigenvalue weighted by molar-refractivity contribution is -0.155. The van der Waals surface area contributed by atoms with Crippen LogP contribution in [-0.4, -0.2) is 38.0 Å². The van der Waals surface area contributed by atoms with Gasteiger partial charge in [0.2, 0.25) is 0 Å². The number of benzene rings is 4. The van der Waals surface area contributed by atoms with E-state index in [-0.39, 0.29) is 18.2 Å². The van der Waals surface area contributed by atoms with Crippen LogP contribution in [0.25, 0.3) is 11.1 Å². The Morgan fingerprint density at radius 3 is 1.71 bits per heavy atom. The standard InChI is InChI=1S/C44H52O5/c1-7-9-27-42(3,4)41(45)48-30-29-46-35-23-19-33(20-24-35)44(39-17-13-11-15-37(39)38-16-12-14-18-40(38)44)34-21-25-36(26-22-34)47-31-32-49-43(5,6)28-10-8-2/h8,10-26H,7,9,27-32H2,1-6H3/b10-8-. The summed E-state index contributed by atoms with van der Waals surface area (Å²) < 4.78 is 23.8. The molecule has 0 saturated carbocycles. The third-order valence-corrected chi connectivity index (χ3v) is 9.51. The zero-order chi connectivity index (χ0) is 34.9. The van der Waals surface area contributed by atoms with Crippen molar-refractivity contribution in [3.63, 3.8) is 0 Å². The number of carbonyl (C=O) groups excluding carboxylic acids is 1. The number of carbonyl (C=O) groups is 1. The zero-order valence-electron chi connectivity index (χ0n) is 30.1. The van der Waals surface area contributed by atoms with E-state index >= 15 is 0 Å². The second-order valence-electron chi connectivity index (χ2n) is 14.1. The number of unbranched alkanes of at least 4 members (excludes halogenated alkanes) is 1. The quantitative estimate of drug-likeness (QED) is 0.0564. The van der Waals surface area contributed by atoms with Gasteiger partial charge in [0.25, 0.3) is 0 Å². The van der Waals surface area contributed by atoms with E-state index in [9.17, 15) is 4.79 Å². The van der Waals surface area contributed by atoms with Crippen LogP contribution in [0.4, 0.5) is 0 Å². The van der Waals surface area contributed by atoms with E-state index in [2.05, 4.69) is 118 Å². The Kier molecular flexibility index (Phi) is 11.7. The molecule has 5 nitrogen and oxygen atoms in total. The van der Waals surface area contributed by atoms with Gasteiger partial charge in [-0.2, -0.15) is 0 Å². The summed E-state index contributed by atoms with van der Waals surface area (Å²) in [6.45, 7) is 13.8. The maximum absolute atomic E-state index is 12.6. The van der Waals surface area contributed by atoms with Crippen molar-refractivity contribution in [1.29, 1.82) is 0 Å². The number of fused-ring (bicyclic) bond motifs is 3. The molecule has 0 bridgehead atoms. The molecule has 1 aliphatic carbocycles. The lowest BCUT2D eigenvalue weighted by Crippen LogP contribution is -2.28. The van der Waals surface area contributed by atoms with Crippen molar-refractivity contribution in [3.05, 3.63) is 131 Å². The van der Waals surface area contributed by atoms with E-state index in [4.69, 9.17) is 18.9 Å². The van der Waals surface area contributed by atoms with Crippen LogP contribution in [-0.2, 0) is 19.7 Å². The highest BCUT2D eigenvalue weighted by molar-refractivity contribution is 5.86. The first-order valence-electron chi connectivity index (χ1n) is 17.7. The number of hydrogen-bond donors (Lipinski definition) is 0. The van der Waals surface area contributed by atoms with E-state index in [0.717, 1.165) is 48.3 Å². The average Bonchev–Trinajstić information content (AvgIpc) is 3.42. The molecule has 0 radical (unpaired) electrons. The summed E-state index contributed by atoms with van der Waals surface area (Å²) in [6.07, 6.45) is 7.93. The first-order valence-corrected chi connectivity index (χ1v) is 17.7. The first-order chi connectivity index (χ1) is 23.6. The second kappa shape index (κ2) is 15.9. The minimum atomic E-state index is -0.524. The first kappa shape index (κ1) is 35.9. The highest BCUT2D eigenvalue weighted by Crippen LogP contribution is 2.56. The van der Waals surface area contributed by atoms with Crippen molar-refractivity contribution in [2.45, 2.75) is 78.2 Å². The number of rotatable bonds is 17. The van der Waals surface area contributed by atoms with E-state index in [0.29, 0.717) is 19.8 Å². The molecule has 0 N–H and O–H groups in total. The summed E-state index contributed by atoms with van der Waals surface area (Å²) in [4.78, 5) is 12.6. The molecule has 0 atom stereocenters. The van der Waals surface area contributed by atoms with Crippen LogP contribution < -0.4 is 9.47 Å². The largest absolute Gasteiger partial charge is 0.491 e. The monoisotopic (exact) mass is 660 g/mol. The lowest BCUT2D eigenvalue weighted by atomic mass is 9.68. The molecule has 0 unspecified atom stereocenters. The summed E-state index contributed by atoms with van der Waals surface area (Å²) in [5.74, 6) is 1.38. The molecule has 0 amide bonds. The molecule has 5 heteroatoms. The van der Waals surface area contributed by atoms with Crippen LogP contribution in [0.2, 0.25) is 0 Å². The van der Waals surface area contributed by atoms with Gasteiger partial charge in [-0.3, -0.25) is 4.79 Å². The minimum Gasteiger partial charge on any atom is -0.491 e. The molecule has 0 aliphatic heterocycles. The van der Waals surface area contributed by atoms with Gasteiger partial charge in [-0.25, -0.2) is 0 Å². The molecule has 49 heavy (non-hydrogen) atoms. The van der Waals surface area contributed by atoms with Crippen LogP contribution in [0.15, 0.2) is 109 Å². The van der Waals surface area contributed by atoms with Crippen LogP contribution >= 0.6 is 0 Å². The molecule has 1 aliphatic rings. The van der Waals surface area contributed by atoms with Crippen LogP contribution in [0.3, 0.4) is 0 Å². The van der Waals surface area contributed by atoms with E-state index in [1.807, 2.05) is 32.9 Å². The normalized spacial score (nSPS) is 13.6. The van der Waals surface area contributed by atoms with Crippen molar-refractivity contribution in [2.75, 3.05) is 26.4 Å². The summed E-state index contributed by atoms with van der Waals surface area (Å²) in [7, 11) is 0. The molecule has 0 heterocycles. The molecular weight excluding hydrogens is 608 g/mol. The Balaban J connectivity index is 1.35. The predicted octanol–water partition coefficient (Wildman–Crippen LogP) is 10.3. The highest BCUT2D eigenvalue weighted by Gasteiger charge is 2.45. The second-order valence-corrected chi connectivity index (χ2v) is 14.1. The summed E-state index contributed by atoms with van der Waals surface area (Å²) >= 11 is 0. The van der Waals surface area contributed by atoms with Crippen LogP contribution in [0.5, 0.6) is 11.5 Å². The molecular formula is C44H52O5. The van der Waals surface area contributed by atoms with Gasteiger partial charge in [0.05, 0.1) is 23.0 Å². The van der Waals surface area contributed by atoms with Gasteiger partial charge in [-0.15, -0.1) is 0 Å². The fourth-order valence-corrected chi connectivity index (χ4v) is 6.77. The summed E-state index contributed by atoms with van der Waals surface area (Å²) in [5.41, 5.74) is 6.03. The SMILES string of the molecule is C/C=C\CC(C)(C)OCCOc1ccc(C2(c3ccc(OCCOC(=O)C(C)(C)CCCC)cc3)c3ccccc3-c3ccccc32)cc1. The minimum absolute atomic E-state index is 0.172. The van der Waals surface area contributed by atoms with Gasteiger partial charge >= 0.3 is 5.97 Å². The molecule has 4 aromatic carbocycles. The van der Waals surface area contributed by atoms with Gasteiger partial charge in [-0.05, 0) is 105 Å². The highest BCUT2D eigenvalue weighted by atomic mass is 16.6. The molecule has 258 valence electrons. The third kappa shape index (κ3) is 8.11. The van der Waals surface area contributed by atoms with Crippen LogP contribution in [0.1, 0.15) is 89.5 Å². The van der Waals surface area contributed by atoms with Crippen LogP contribution in [0, 0.1) is 5.41 Å². The fourth-order valence-electron chi connectivity index (χ4n) is 6.77. The number of esters is 1. The Bertz CT molecular complexity index is 1650. The maximum atomic E-state index is 12.6. The van der Waals surface area contributed by atoms with Crippen molar-refractivity contribution in [2.24, 2.45) is 5.41 Å². The molecule has 4 aromatic rings. The predicted molar refractivity (Wildman–Crippen MR) is 198 cm³/mol. The van der Waals surface area contributed by atoms with Gasteiger partial charge in [0, 0.05) is 0 Å². The van der Waals surface area contributed by atoms with Gasteiger partial charge in [0.1, 0.15) is 31.3 Å². The summed E-state index contributed by atoms with van der Waals surface area (Å²) in [6, 6.07) is 34.2. The number of hydrogen-bond acceptors (Lipinski definition) is 5. The lowest BCUT2D eigenvalue weighted by Gasteiger charge is -2.34. The number of ether oxygens (including phenoxy) is 4. The Hall–Kier alpha value is -4.35. The Morgan fingerprint density at radius 1 is 0.694 bits per heavy atom. The van der Waals surface area contributed by atoms with E-state index in [1.165, 1.54) is 22.3 Å². The Labute approximate surface area is 293 Å². The third-order valence-electron chi connectivity index (χ3n) is 9.51. The van der Waals surface area contributed by atoms with Crippen molar-refractivity contribution < 1.29 is 23.7 Å². The molecule has 0 fully saturated rings. The molecule has 0 saturated heterocycles. The van der Waals surface area contributed by atoms with Crippen molar-refractivity contribution in [3.8, 4) is 22.6 Å². The van der Waals surface area contributed by atoms with Gasteiger partial charge in [-0.1, -0.05) is 105 Å². The maximum Gasteiger partial charge on any atom is 0.311 e. The summed E-state index contributed by atoms with van der Waals surface area (Å²) in [5, 5.41) is 0. The number of allylic oxidation sites excluding steroid dienone is 1. The fraction of sp³-hybridized carbons (Fsp3) is 0.386. The van der Waals surface area contributed by atoms with Crippen molar-refractivity contribution in [1.82, 2.24) is 0 Å². The van der Waals surface area contributed by atoms with Gasteiger partial charge in [0.15, 0.2) is 0 Å². The van der Waals surface area contributed by atoms with E-state index in [1.54, 1.807) is 0 Å². The van der Waals surface area contributed by atoms with Crippen molar-refractivity contribution >= 4 is 5.97 Å². The molecule has 5 rings (SSSR count). The smallest absolute Gasteiger partial charge is 0.311 e. The Morgan fingerprint density at radius 2 is 1.20 bits per heavy atom. The average molecular weight is 661 g/mol. The molecule has 0 aromatic heterocycles. The van der Waals surface area contributed by atoms with E-state index < -0.39 is 10.8 Å². The topological polar surface area (TPSA) is 54.0 Å². The molecule has 0 spiro atoms. The zero-order valence-corrected chi connectivity index (χ0v) is 30.1.